The lowest BCUT2D eigenvalue weighted by molar-refractivity contribution is 0.450. The van der Waals surface area contributed by atoms with Gasteiger partial charge >= 0.3 is 0 Å². The molecule has 14 heavy (non-hydrogen) atoms. The Morgan fingerprint density at radius 1 is 1.43 bits per heavy atom. The SMILES string of the molecule is C=NC(C(C)=CCC)C(C)CCCC. The van der Waals surface area contributed by atoms with Gasteiger partial charge in [0.15, 0.2) is 0 Å². The lowest BCUT2D eigenvalue weighted by Gasteiger charge is -2.20. The maximum absolute atomic E-state index is 4.24. The van der Waals surface area contributed by atoms with Crippen LogP contribution in [0.15, 0.2) is 16.6 Å². The van der Waals surface area contributed by atoms with Crippen LogP contribution in [0.1, 0.15) is 53.4 Å². The fourth-order valence-electron chi connectivity index (χ4n) is 1.90. The second-order valence-corrected chi connectivity index (χ2v) is 4.10. The Kier molecular flexibility index (Phi) is 7.45. The van der Waals surface area contributed by atoms with Crippen molar-refractivity contribution in [2.75, 3.05) is 0 Å². The first-order valence-electron chi connectivity index (χ1n) is 5.79. The van der Waals surface area contributed by atoms with E-state index in [1.165, 1.54) is 24.8 Å². The molecule has 0 saturated carbocycles. The summed E-state index contributed by atoms with van der Waals surface area (Å²) >= 11 is 0. The standard InChI is InChI=1S/C13H25N/c1-6-8-10-12(4)13(14-5)11(3)9-7-2/h9,12-13H,5-8,10H2,1-4H3. The molecule has 0 spiro atoms. The molecule has 2 atom stereocenters. The van der Waals surface area contributed by atoms with Crippen molar-refractivity contribution in [3.8, 4) is 0 Å². The van der Waals surface area contributed by atoms with Crippen LogP contribution in [0.5, 0.6) is 0 Å². The minimum atomic E-state index is 0.335. The van der Waals surface area contributed by atoms with Crippen molar-refractivity contribution in [3.05, 3.63) is 11.6 Å². The van der Waals surface area contributed by atoms with E-state index in [1.807, 2.05) is 0 Å². The highest BCUT2D eigenvalue weighted by molar-refractivity contribution is 5.27. The molecule has 0 aromatic carbocycles. The zero-order valence-electron chi connectivity index (χ0n) is 10.2. The topological polar surface area (TPSA) is 12.4 Å². The highest BCUT2D eigenvalue weighted by atomic mass is 14.8. The van der Waals surface area contributed by atoms with Gasteiger partial charge in [-0.05, 0) is 32.4 Å². The summed E-state index contributed by atoms with van der Waals surface area (Å²) < 4.78 is 0. The van der Waals surface area contributed by atoms with Crippen molar-refractivity contribution in [3.63, 3.8) is 0 Å². The van der Waals surface area contributed by atoms with Crippen molar-refractivity contribution in [2.24, 2.45) is 10.9 Å². The van der Waals surface area contributed by atoms with Crippen molar-refractivity contribution in [2.45, 2.75) is 59.4 Å². The van der Waals surface area contributed by atoms with Crippen molar-refractivity contribution < 1.29 is 0 Å². The van der Waals surface area contributed by atoms with E-state index in [0.29, 0.717) is 12.0 Å². The van der Waals surface area contributed by atoms with Gasteiger partial charge in [0.05, 0.1) is 6.04 Å². The number of rotatable bonds is 7. The molecule has 0 aliphatic rings. The van der Waals surface area contributed by atoms with Gasteiger partial charge in [0.25, 0.3) is 0 Å². The van der Waals surface area contributed by atoms with Crippen LogP contribution in [0, 0.1) is 5.92 Å². The molecule has 0 aromatic heterocycles. The van der Waals surface area contributed by atoms with Crippen LogP contribution in [0.3, 0.4) is 0 Å². The molecule has 1 heteroatoms. The van der Waals surface area contributed by atoms with Crippen molar-refractivity contribution in [1.82, 2.24) is 0 Å². The largest absolute Gasteiger partial charge is 0.293 e. The first kappa shape index (κ1) is 13.4. The molecule has 0 bridgehead atoms. The van der Waals surface area contributed by atoms with E-state index in [0.717, 1.165) is 6.42 Å². The Hall–Kier alpha value is -0.590. The van der Waals surface area contributed by atoms with E-state index >= 15 is 0 Å². The van der Waals surface area contributed by atoms with Crippen LogP contribution in [0.25, 0.3) is 0 Å². The van der Waals surface area contributed by atoms with Gasteiger partial charge < -0.3 is 0 Å². The first-order valence-corrected chi connectivity index (χ1v) is 5.79. The molecule has 0 amide bonds. The zero-order valence-corrected chi connectivity index (χ0v) is 10.2. The maximum Gasteiger partial charge on any atom is 0.0724 e. The average Bonchev–Trinajstić information content (AvgIpc) is 2.16. The molecule has 82 valence electrons. The van der Waals surface area contributed by atoms with E-state index in [-0.39, 0.29) is 0 Å². The quantitative estimate of drug-likeness (QED) is 0.425. The lowest BCUT2D eigenvalue weighted by Crippen LogP contribution is -2.17. The predicted molar refractivity (Wildman–Crippen MR) is 66.1 cm³/mol. The van der Waals surface area contributed by atoms with Gasteiger partial charge in [0.2, 0.25) is 0 Å². The smallest absolute Gasteiger partial charge is 0.0724 e. The Bertz CT molecular complexity index is 182. The molecule has 0 rings (SSSR count). The van der Waals surface area contributed by atoms with Gasteiger partial charge in [-0.15, -0.1) is 0 Å². The summed E-state index contributed by atoms with van der Waals surface area (Å²) in [4.78, 5) is 4.24. The third kappa shape index (κ3) is 4.59. The van der Waals surface area contributed by atoms with E-state index in [9.17, 15) is 0 Å². The number of hydrogen-bond donors (Lipinski definition) is 0. The molecule has 2 unspecified atom stereocenters. The van der Waals surface area contributed by atoms with Crippen molar-refractivity contribution >= 4 is 6.72 Å². The van der Waals surface area contributed by atoms with E-state index < -0.39 is 0 Å². The molecular formula is C13H25N. The molecule has 1 nitrogen and oxygen atoms in total. The van der Waals surface area contributed by atoms with Gasteiger partial charge in [-0.25, -0.2) is 0 Å². The molecule has 0 radical (unpaired) electrons. The third-order valence-corrected chi connectivity index (χ3v) is 2.74. The molecule has 0 heterocycles. The maximum atomic E-state index is 4.24. The minimum absolute atomic E-state index is 0.335. The lowest BCUT2D eigenvalue weighted by atomic mass is 9.91. The summed E-state index contributed by atoms with van der Waals surface area (Å²) in [5.74, 6) is 0.634. The van der Waals surface area contributed by atoms with Crippen LogP contribution in [0.2, 0.25) is 0 Å². The van der Waals surface area contributed by atoms with Crippen LogP contribution in [0.4, 0.5) is 0 Å². The zero-order chi connectivity index (χ0) is 11.0. The summed E-state index contributed by atoms with van der Waals surface area (Å²) in [6.07, 6.45) is 7.19. The summed E-state index contributed by atoms with van der Waals surface area (Å²) in [5, 5.41) is 0. The minimum Gasteiger partial charge on any atom is -0.293 e. The van der Waals surface area contributed by atoms with E-state index in [2.05, 4.69) is 45.5 Å². The molecule has 0 fully saturated rings. The summed E-state index contributed by atoms with van der Waals surface area (Å²) in [6.45, 7) is 12.6. The Morgan fingerprint density at radius 2 is 2.07 bits per heavy atom. The van der Waals surface area contributed by atoms with Crippen molar-refractivity contribution in [1.29, 1.82) is 0 Å². The number of aliphatic imine (C=N–C) groups is 1. The average molecular weight is 195 g/mol. The first-order chi connectivity index (χ1) is 6.67. The second kappa shape index (κ2) is 7.78. The van der Waals surface area contributed by atoms with E-state index in [4.69, 9.17) is 0 Å². The summed E-state index contributed by atoms with van der Waals surface area (Å²) in [5.41, 5.74) is 1.38. The number of allylic oxidation sites excluding steroid dienone is 1. The second-order valence-electron chi connectivity index (χ2n) is 4.10. The van der Waals surface area contributed by atoms with Gasteiger partial charge in [-0.3, -0.25) is 4.99 Å². The summed E-state index contributed by atoms with van der Waals surface area (Å²) in [6, 6.07) is 0.335. The molecule has 0 aliphatic heterocycles. The van der Waals surface area contributed by atoms with E-state index in [1.54, 1.807) is 0 Å². The van der Waals surface area contributed by atoms with Crippen LogP contribution >= 0.6 is 0 Å². The fraction of sp³-hybridized carbons (Fsp3) is 0.769. The van der Waals surface area contributed by atoms with Crippen LogP contribution < -0.4 is 0 Å². The third-order valence-electron chi connectivity index (χ3n) is 2.74. The van der Waals surface area contributed by atoms with Crippen LogP contribution in [-0.2, 0) is 0 Å². The van der Waals surface area contributed by atoms with Crippen LogP contribution in [-0.4, -0.2) is 12.8 Å². The molecular weight excluding hydrogens is 170 g/mol. The monoisotopic (exact) mass is 195 g/mol. The van der Waals surface area contributed by atoms with Gasteiger partial charge in [-0.1, -0.05) is 45.3 Å². The number of unbranched alkanes of at least 4 members (excludes halogenated alkanes) is 1. The normalized spacial score (nSPS) is 16.4. The molecule has 0 aromatic rings. The Labute approximate surface area is 89.3 Å². The highest BCUT2D eigenvalue weighted by Crippen LogP contribution is 2.21. The fourth-order valence-corrected chi connectivity index (χ4v) is 1.90. The van der Waals surface area contributed by atoms with Gasteiger partial charge in [0, 0.05) is 0 Å². The Morgan fingerprint density at radius 3 is 2.50 bits per heavy atom. The number of nitrogens with zero attached hydrogens (tertiary/aromatic N) is 1. The molecule has 0 saturated heterocycles. The number of hydrogen-bond acceptors (Lipinski definition) is 1. The summed E-state index contributed by atoms with van der Waals surface area (Å²) in [7, 11) is 0. The molecule has 0 N–H and O–H groups in total. The van der Waals surface area contributed by atoms with Gasteiger partial charge in [0.1, 0.15) is 0 Å². The van der Waals surface area contributed by atoms with Gasteiger partial charge in [-0.2, -0.15) is 0 Å². The Balaban J connectivity index is 4.24. The predicted octanol–water partition coefficient (Wildman–Crippen LogP) is 4.24. The molecule has 0 aliphatic carbocycles. The highest BCUT2D eigenvalue weighted by Gasteiger charge is 2.15.